The molecule has 16 heavy (non-hydrogen) atoms. The van der Waals surface area contributed by atoms with Crippen molar-refractivity contribution in [3.8, 4) is 0 Å². The lowest BCUT2D eigenvalue weighted by atomic mass is 10.4. The van der Waals surface area contributed by atoms with E-state index in [0.29, 0.717) is 0 Å². The van der Waals surface area contributed by atoms with Crippen molar-refractivity contribution in [1.29, 1.82) is 0 Å². The van der Waals surface area contributed by atoms with Crippen LogP contribution in [0.1, 0.15) is 0 Å². The minimum Gasteiger partial charge on any atom is -0.480 e. The van der Waals surface area contributed by atoms with Gasteiger partial charge in [0.2, 0.25) is 0 Å². The van der Waals surface area contributed by atoms with Crippen LogP contribution < -0.4 is 10.5 Å². The molecule has 0 unspecified atom stereocenters. The summed E-state index contributed by atoms with van der Waals surface area (Å²) in [6.45, 7) is 3.50. The van der Waals surface area contributed by atoms with Gasteiger partial charge in [-0.25, -0.2) is 4.98 Å². The standard InChI is InChI=1S/C10H13N3O3/c1-3-5-13(7-8(14)15)9-10(16)12(2)6-4-11-9/h3-4,6H,1,5,7H2,2H3,(H,14,15). The van der Waals surface area contributed by atoms with E-state index in [0.717, 1.165) is 0 Å². The molecule has 0 aromatic carbocycles. The normalized spacial score (nSPS) is 9.81. The Bertz CT molecular complexity index is 453. The minimum atomic E-state index is -1.02. The van der Waals surface area contributed by atoms with Crippen LogP contribution in [0.15, 0.2) is 29.8 Å². The van der Waals surface area contributed by atoms with Crippen molar-refractivity contribution >= 4 is 11.8 Å². The highest BCUT2D eigenvalue weighted by Crippen LogP contribution is 2.02. The number of rotatable bonds is 5. The number of hydrogen-bond acceptors (Lipinski definition) is 4. The van der Waals surface area contributed by atoms with Gasteiger partial charge in [0.25, 0.3) is 5.56 Å². The second kappa shape index (κ2) is 5.11. The molecule has 6 heteroatoms. The van der Waals surface area contributed by atoms with Gasteiger partial charge in [0, 0.05) is 26.0 Å². The van der Waals surface area contributed by atoms with E-state index in [9.17, 15) is 9.59 Å². The molecule has 0 radical (unpaired) electrons. The largest absolute Gasteiger partial charge is 0.480 e. The molecule has 0 amide bonds. The average Bonchev–Trinajstić information content (AvgIpc) is 2.21. The summed E-state index contributed by atoms with van der Waals surface area (Å²) in [6, 6.07) is 0. The number of aromatic nitrogens is 2. The van der Waals surface area contributed by atoms with Gasteiger partial charge < -0.3 is 14.6 Å². The van der Waals surface area contributed by atoms with Crippen molar-refractivity contribution in [3.63, 3.8) is 0 Å². The highest BCUT2D eigenvalue weighted by Gasteiger charge is 2.14. The van der Waals surface area contributed by atoms with Gasteiger partial charge in [-0.3, -0.25) is 9.59 Å². The fraction of sp³-hybridized carbons (Fsp3) is 0.300. The number of hydrogen-bond donors (Lipinski definition) is 1. The van der Waals surface area contributed by atoms with Gasteiger partial charge in [0.15, 0.2) is 5.82 Å². The Morgan fingerprint density at radius 3 is 3.00 bits per heavy atom. The number of anilines is 1. The maximum atomic E-state index is 11.7. The van der Waals surface area contributed by atoms with E-state index in [1.165, 1.54) is 27.9 Å². The molecule has 0 bridgehead atoms. The molecule has 0 saturated heterocycles. The molecule has 1 rings (SSSR count). The maximum absolute atomic E-state index is 11.7. The SMILES string of the molecule is C=CCN(CC(=O)O)c1nccn(C)c1=O. The summed E-state index contributed by atoms with van der Waals surface area (Å²) in [7, 11) is 1.58. The number of aryl methyl sites for hydroxylation is 1. The summed E-state index contributed by atoms with van der Waals surface area (Å²) in [5, 5.41) is 8.72. The van der Waals surface area contributed by atoms with E-state index in [-0.39, 0.29) is 24.5 Å². The van der Waals surface area contributed by atoms with Crippen LogP contribution in [0.3, 0.4) is 0 Å². The van der Waals surface area contributed by atoms with Gasteiger partial charge >= 0.3 is 5.97 Å². The second-order valence-corrected chi connectivity index (χ2v) is 3.23. The number of carbonyl (C=O) groups is 1. The monoisotopic (exact) mass is 223 g/mol. The van der Waals surface area contributed by atoms with Crippen molar-refractivity contribution < 1.29 is 9.90 Å². The van der Waals surface area contributed by atoms with Crippen LogP contribution in [-0.4, -0.2) is 33.7 Å². The predicted molar refractivity (Wildman–Crippen MR) is 59.5 cm³/mol. The van der Waals surface area contributed by atoms with E-state index in [2.05, 4.69) is 11.6 Å². The zero-order chi connectivity index (χ0) is 12.1. The first-order chi connectivity index (χ1) is 7.56. The van der Waals surface area contributed by atoms with E-state index < -0.39 is 5.97 Å². The molecule has 0 atom stereocenters. The lowest BCUT2D eigenvalue weighted by Crippen LogP contribution is -2.36. The maximum Gasteiger partial charge on any atom is 0.323 e. The van der Waals surface area contributed by atoms with Crippen molar-refractivity contribution in [2.45, 2.75) is 0 Å². The van der Waals surface area contributed by atoms with E-state index >= 15 is 0 Å². The minimum absolute atomic E-state index is 0.118. The summed E-state index contributed by atoms with van der Waals surface area (Å²) in [5.41, 5.74) is -0.328. The molecule has 1 heterocycles. The highest BCUT2D eigenvalue weighted by atomic mass is 16.4. The number of nitrogens with zero attached hydrogens (tertiary/aromatic N) is 3. The van der Waals surface area contributed by atoms with Crippen molar-refractivity contribution in [2.75, 3.05) is 18.0 Å². The Morgan fingerprint density at radius 1 is 1.75 bits per heavy atom. The molecule has 0 fully saturated rings. The molecule has 0 saturated carbocycles. The third-order valence-corrected chi connectivity index (χ3v) is 1.97. The summed E-state index contributed by atoms with van der Waals surface area (Å²) < 4.78 is 1.35. The quantitative estimate of drug-likeness (QED) is 0.703. The first-order valence-corrected chi connectivity index (χ1v) is 4.65. The number of carboxylic acids is 1. The van der Waals surface area contributed by atoms with Crippen LogP contribution in [0.5, 0.6) is 0 Å². The number of carboxylic acid groups (broad SMARTS) is 1. The van der Waals surface area contributed by atoms with Crippen LogP contribution in [0.25, 0.3) is 0 Å². The van der Waals surface area contributed by atoms with E-state index in [4.69, 9.17) is 5.11 Å². The Kier molecular flexibility index (Phi) is 3.82. The van der Waals surface area contributed by atoms with Gasteiger partial charge in [-0.15, -0.1) is 6.58 Å². The third kappa shape index (κ3) is 2.69. The molecule has 1 aromatic heterocycles. The molecule has 0 spiro atoms. The van der Waals surface area contributed by atoms with Crippen molar-refractivity contribution in [3.05, 3.63) is 35.4 Å². The molecule has 0 aliphatic heterocycles. The van der Waals surface area contributed by atoms with Crippen molar-refractivity contribution in [2.24, 2.45) is 7.05 Å². The summed E-state index contributed by atoms with van der Waals surface area (Å²) in [6.07, 6.45) is 4.49. The van der Waals surface area contributed by atoms with Gasteiger partial charge in [-0.2, -0.15) is 0 Å². The fourth-order valence-electron chi connectivity index (χ4n) is 1.25. The van der Waals surface area contributed by atoms with E-state index in [1.807, 2.05) is 0 Å². The summed E-state index contributed by atoms with van der Waals surface area (Å²) in [4.78, 5) is 27.6. The second-order valence-electron chi connectivity index (χ2n) is 3.23. The lowest BCUT2D eigenvalue weighted by Gasteiger charge is -2.19. The molecule has 0 aliphatic rings. The Labute approximate surface area is 92.5 Å². The predicted octanol–water partition coefficient (Wildman–Crippen LogP) is -0.143. The zero-order valence-electron chi connectivity index (χ0n) is 8.96. The van der Waals surface area contributed by atoms with Gasteiger partial charge in [-0.05, 0) is 0 Å². The summed E-state index contributed by atoms with van der Waals surface area (Å²) in [5.74, 6) is -0.901. The molecular formula is C10H13N3O3. The smallest absolute Gasteiger partial charge is 0.323 e. The first-order valence-electron chi connectivity index (χ1n) is 4.65. The van der Waals surface area contributed by atoms with Crippen LogP contribution >= 0.6 is 0 Å². The number of aliphatic carboxylic acids is 1. The average molecular weight is 223 g/mol. The molecule has 6 nitrogen and oxygen atoms in total. The Morgan fingerprint density at radius 2 is 2.44 bits per heavy atom. The fourth-order valence-corrected chi connectivity index (χ4v) is 1.25. The molecule has 1 N–H and O–H groups in total. The van der Waals surface area contributed by atoms with E-state index in [1.54, 1.807) is 7.05 Å². The molecule has 1 aromatic rings. The Hall–Kier alpha value is -2.11. The first kappa shape index (κ1) is 12.0. The molecular weight excluding hydrogens is 210 g/mol. The van der Waals surface area contributed by atoms with Gasteiger partial charge in [0.05, 0.1) is 0 Å². The van der Waals surface area contributed by atoms with Gasteiger partial charge in [-0.1, -0.05) is 6.08 Å². The van der Waals surface area contributed by atoms with Crippen LogP contribution in [-0.2, 0) is 11.8 Å². The van der Waals surface area contributed by atoms with Crippen LogP contribution in [0.2, 0.25) is 0 Å². The Balaban J connectivity index is 3.10. The lowest BCUT2D eigenvalue weighted by molar-refractivity contribution is -0.135. The third-order valence-electron chi connectivity index (χ3n) is 1.97. The van der Waals surface area contributed by atoms with Gasteiger partial charge in [0.1, 0.15) is 6.54 Å². The highest BCUT2D eigenvalue weighted by molar-refractivity contribution is 5.73. The van der Waals surface area contributed by atoms with Crippen molar-refractivity contribution in [1.82, 2.24) is 9.55 Å². The van der Waals surface area contributed by atoms with Crippen LogP contribution in [0.4, 0.5) is 5.82 Å². The molecule has 0 aliphatic carbocycles. The zero-order valence-corrected chi connectivity index (χ0v) is 8.96. The molecule has 86 valence electrons. The topological polar surface area (TPSA) is 75.4 Å². The van der Waals surface area contributed by atoms with Crippen LogP contribution in [0, 0.1) is 0 Å². The summed E-state index contributed by atoms with van der Waals surface area (Å²) >= 11 is 0.